The summed E-state index contributed by atoms with van der Waals surface area (Å²) in [7, 11) is 0. The molecule has 4 rings (SSSR count). The first-order valence-corrected chi connectivity index (χ1v) is 11.5. The summed E-state index contributed by atoms with van der Waals surface area (Å²) < 4.78 is 0. The van der Waals surface area contributed by atoms with Crippen LogP contribution in [0.4, 0.5) is 0 Å². The molecule has 1 spiro atoms. The lowest BCUT2D eigenvalue weighted by atomic mass is 9.70. The van der Waals surface area contributed by atoms with E-state index < -0.39 is 0 Å². The third-order valence-corrected chi connectivity index (χ3v) is 8.37. The van der Waals surface area contributed by atoms with Crippen LogP contribution in [0, 0.1) is 5.41 Å². The molecule has 0 atom stereocenters. The summed E-state index contributed by atoms with van der Waals surface area (Å²) in [5, 5.41) is 0. The number of hydrogen-bond donors (Lipinski definition) is 0. The standard InChI is InChI=1S/C23H44N4/c1-21(2,3)26-13-9-23(10-14-26)7-11-24(12-8-23)19-15-25(16-19)20-17-27(18-20)22(4,5)6/h19-20H,7-18H2,1-6H3. The molecular formula is C23H44N4. The first kappa shape index (κ1) is 20.1. The van der Waals surface area contributed by atoms with E-state index in [1.54, 1.807) is 0 Å². The van der Waals surface area contributed by atoms with Crippen molar-refractivity contribution in [1.82, 2.24) is 19.6 Å². The normalized spacial score (nSPS) is 30.4. The zero-order valence-corrected chi connectivity index (χ0v) is 18.9. The highest BCUT2D eigenvalue weighted by molar-refractivity contribution is 5.02. The van der Waals surface area contributed by atoms with Crippen LogP contribution >= 0.6 is 0 Å². The minimum absolute atomic E-state index is 0.349. The van der Waals surface area contributed by atoms with Gasteiger partial charge < -0.3 is 0 Å². The highest BCUT2D eigenvalue weighted by Gasteiger charge is 2.46. The van der Waals surface area contributed by atoms with Crippen LogP contribution in [0.3, 0.4) is 0 Å². The largest absolute Gasteiger partial charge is 0.298 e. The topological polar surface area (TPSA) is 13.0 Å². The fraction of sp³-hybridized carbons (Fsp3) is 1.00. The van der Waals surface area contributed by atoms with Crippen LogP contribution in [0.2, 0.25) is 0 Å². The summed E-state index contributed by atoms with van der Waals surface area (Å²) in [6.07, 6.45) is 5.75. The molecule has 0 N–H and O–H groups in total. The highest BCUT2D eigenvalue weighted by atomic mass is 15.4. The van der Waals surface area contributed by atoms with Gasteiger partial charge in [-0.05, 0) is 98.8 Å². The molecule has 4 nitrogen and oxygen atoms in total. The van der Waals surface area contributed by atoms with Gasteiger partial charge in [-0.15, -0.1) is 0 Å². The van der Waals surface area contributed by atoms with Crippen molar-refractivity contribution in [3.8, 4) is 0 Å². The summed E-state index contributed by atoms with van der Waals surface area (Å²) in [5.41, 5.74) is 1.37. The Hall–Kier alpha value is -0.160. The lowest BCUT2D eigenvalue weighted by molar-refractivity contribution is -0.0887. The predicted molar refractivity (Wildman–Crippen MR) is 114 cm³/mol. The minimum atomic E-state index is 0.349. The minimum Gasteiger partial charge on any atom is -0.298 e. The SMILES string of the molecule is CC(C)(C)N1CCC2(CCN(C3CN(C4CN(C(C)(C)C)C4)C3)CC2)CC1. The van der Waals surface area contributed by atoms with Crippen molar-refractivity contribution in [2.24, 2.45) is 5.41 Å². The van der Waals surface area contributed by atoms with Gasteiger partial charge in [0.1, 0.15) is 0 Å². The van der Waals surface area contributed by atoms with Gasteiger partial charge in [-0.25, -0.2) is 0 Å². The summed E-state index contributed by atoms with van der Waals surface area (Å²) in [6, 6.07) is 1.68. The maximum Gasteiger partial charge on any atom is 0.0352 e. The molecule has 27 heavy (non-hydrogen) atoms. The Morgan fingerprint density at radius 3 is 1.48 bits per heavy atom. The fourth-order valence-electron chi connectivity index (χ4n) is 5.77. The Bertz CT molecular complexity index is 501. The molecule has 0 aromatic rings. The van der Waals surface area contributed by atoms with E-state index in [9.17, 15) is 0 Å². The molecule has 0 radical (unpaired) electrons. The van der Waals surface area contributed by atoms with Crippen LogP contribution in [-0.2, 0) is 0 Å². The second-order valence-corrected chi connectivity index (χ2v) is 12.0. The van der Waals surface area contributed by atoms with E-state index in [0.29, 0.717) is 16.5 Å². The number of piperidine rings is 2. The van der Waals surface area contributed by atoms with E-state index >= 15 is 0 Å². The molecule has 4 heterocycles. The van der Waals surface area contributed by atoms with E-state index in [1.807, 2.05) is 0 Å². The van der Waals surface area contributed by atoms with Crippen molar-refractivity contribution in [3.05, 3.63) is 0 Å². The monoisotopic (exact) mass is 376 g/mol. The number of nitrogens with zero attached hydrogens (tertiary/aromatic N) is 4. The van der Waals surface area contributed by atoms with Crippen molar-refractivity contribution in [2.75, 3.05) is 52.4 Å². The lowest BCUT2D eigenvalue weighted by Crippen LogP contribution is -2.72. The van der Waals surface area contributed by atoms with Gasteiger partial charge in [0.15, 0.2) is 0 Å². The van der Waals surface area contributed by atoms with E-state index in [-0.39, 0.29) is 0 Å². The molecule has 0 bridgehead atoms. The summed E-state index contributed by atoms with van der Waals surface area (Å²) in [6.45, 7) is 24.7. The molecule has 4 aliphatic heterocycles. The Morgan fingerprint density at radius 2 is 1.00 bits per heavy atom. The molecular weight excluding hydrogens is 332 g/mol. The van der Waals surface area contributed by atoms with Crippen LogP contribution in [0.5, 0.6) is 0 Å². The van der Waals surface area contributed by atoms with Crippen molar-refractivity contribution in [1.29, 1.82) is 0 Å². The van der Waals surface area contributed by atoms with E-state index in [2.05, 4.69) is 61.1 Å². The molecule has 0 aliphatic carbocycles. The van der Waals surface area contributed by atoms with Crippen molar-refractivity contribution in [2.45, 2.75) is 90.4 Å². The summed E-state index contributed by atoms with van der Waals surface area (Å²) in [4.78, 5) is 10.9. The number of hydrogen-bond acceptors (Lipinski definition) is 4. The first-order chi connectivity index (χ1) is 12.6. The van der Waals surface area contributed by atoms with E-state index in [1.165, 1.54) is 78.0 Å². The molecule has 4 heteroatoms. The van der Waals surface area contributed by atoms with Crippen LogP contribution in [0.1, 0.15) is 67.2 Å². The van der Waals surface area contributed by atoms with Crippen LogP contribution in [0.15, 0.2) is 0 Å². The van der Waals surface area contributed by atoms with Gasteiger partial charge >= 0.3 is 0 Å². The molecule has 4 aliphatic rings. The molecule has 0 unspecified atom stereocenters. The molecule has 0 amide bonds. The fourth-order valence-corrected chi connectivity index (χ4v) is 5.77. The summed E-state index contributed by atoms with van der Waals surface area (Å²) in [5.74, 6) is 0. The van der Waals surface area contributed by atoms with Crippen molar-refractivity contribution < 1.29 is 0 Å². The molecule has 156 valence electrons. The second kappa shape index (κ2) is 6.97. The lowest BCUT2D eigenvalue weighted by Gasteiger charge is -2.58. The number of likely N-dealkylation sites (tertiary alicyclic amines) is 4. The molecule has 4 fully saturated rings. The average molecular weight is 377 g/mol. The third-order valence-electron chi connectivity index (χ3n) is 8.37. The van der Waals surface area contributed by atoms with Gasteiger partial charge in [0.2, 0.25) is 0 Å². The Balaban J connectivity index is 1.18. The molecule has 4 saturated heterocycles. The smallest absolute Gasteiger partial charge is 0.0352 e. The maximum atomic E-state index is 2.83. The van der Waals surface area contributed by atoms with Crippen molar-refractivity contribution >= 4 is 0 Å². The van der Waals surface area contributed by atoms with Gasteiger partial charge in [-0.3, -0.25) is 19.6 Å². The predicted octanol–water partition coefficient (Wildman–Crippen LogP) is 3.13. The quantitative estimate of drug-likeness (QED) is 0.734. The molecule has 0 aromatic carbocycles. The second-order valence-electron chi connectivity index (χ2n) is 12.0. The van der Waals surface area contributed by atoms with Crippen LogP contribution in [0.25, 0.3) is 0 Å². The zero-order chi connectivity index (χ0) is 19.4. The van der Waals surface area contributed by atoms with Crippen molar-refractivity contribution in [3.63, 3.8) is 0 Å². The van der Waals surface area contributed by atoms with Crippen LogP contribution in [-0.4, -0.2) is 95.1 Å². The van der Waals surface area contributed by atoms with E-state index in [0.717, 1.165) is 12.1 Å². The Morgan fingerprint density at radius 1 is 0.556 bits per heavy atom. The van der Waals surface area contributed by atoms with E-state index in [4.69, 9.17) is 0 Å². The van der Waals surface area contributed by atoms with Gasteiger partial charge in [0.25, 0.3) is 0 Å². The number of rotatable bonds is 2. The summed E-state index contributed by atoms with van der Waals surface area (Å²) >= 11 is 0. The Kier molecular flexibility index (Phi) is 5.19. The third kappa shape index (κ3) is 4.10. The first-order valence-electron chi connectivity index (χ1n) is 11.5. The average Bonchev–Trinajstić information content (AvgIpc) is 2.48. The molecule has 0 saturated carbocycles. The maximum absolute atomic E-state index is 2.83. The van der Waals surface area contributed by atoms with Gasteiger partial charge in [0, 0.05) is 49.3 Å². The van der Waals surface area contributed by atoms with Crippen LogP contribution < -0.4 is 0 Å². The highest BCUT2D eigenvalue weighted by Crippen LogP contribution is 2.43. The van der Waals surface area contributed by atoms with Gasteiger partial charge in [0.05, 0.1) is 0 Å². The molecule has 0 aromatic heterocycles. The van der Waals surface area contributed by atoms with Gasteiger partial charge in [-0.2, -0.15) is 0 Å². The van der Waals surface area contributed by atoms with Gasteiger partial charge in [-0.1, -0.05) is 0 Å². The Labute approximate surface area is 168 Å². The zero-order valence-electron chi connectivity index (χ0n) is 18.9.